The van der Waals surface area contributed by atoms with Gasteiger partial charge in [0.05, 0.1) is 11.0 Å². The molecule has 1 unspecified atom stereocenters. The number of hydrogen-bond acceptors (Lipinski definition) is 5. The van der Waals surface area contributed by atoms with E-state index in [0.29, 0.717) is 34.6 Å². The van der Waals surface area contributed by atoms with Gasteiger partial charge in [-0.3, -0.25) is 4.79 Å². The number of halogens is 1. The first kappa shape index (κ1) is 22.5. The SMILES string of the molecule is C=CCn1c(CSc2ccccc2)nnc1SC(CC)C(=O)Nc1cccc(Cl)c1. The smallest absolute Gasteiger partial charge is 0.237 e. The number of aromatic nitrogens is 3. The number of nitrogens with one attached hydrogen (secondary N) is 1. The van der Waals surface area contributed by atoms with Gasteiger partial charge in [0.1, 0.15) is 5.82 Å². The van der Waals surface area contributed by atoms with Crippen molar-refractivity contribution in [1.29, 1.82) is 0 Å². The Balaban J connectivity index is 1.71. The van der Waals surface area contributed by atoms with Crippen LogP contribution in [0, 0.1) is 0 Å². The maximum atomic E-state index is 12.8. The van der Waals surface area contributed by atoms with Gasteiger partial charge in [-0.2, -0.15) is 0 Å². The fourth-order valence-corrected chi connectivity index (χ4v) is 4.76. The summed E-state index contributed by atoms with van der Waals surface area (Å²) in [6.45, 7) is 6.42. The molecule has 0 aliphatic heterocycles. The van der Waals surface area contributed by atoms with Crippen LogP contribution in [0.4, 0.5) is 5.69 Å². The highest BCUT2D eigenvalue weighted by molar-refractivity contribution is 8.00. The third-order valence-electron chi connectivity index (χ3n) is 4.22. The average molecular weight is 459 g/mol. The Bertz CT molecular complexity index is 994. The van der Waals surface area contributed by atoms with Crippen LogP contribution in [0.2, 0.25) is 5.02 Å². The first-order chi connectivity index (χ1) is 14.6. The maximum absolute atomic E-state index is 12.8. The van der Waals surface area contributed by atoms with Crippen LogP contribution in [0.25, 0.3) is 0 Å². The van der Waals surface area contributed by atoms with E-state index in [9.17, 15) is 4.79 Å². The molecule has 2 aromatic carbocycles. The van der Waals surface area contributed by atoms with Crippen molar-refractivity contribution in [3.05, 3.63) is 78.1 Å². The van der Waals surface area contributed by atoms with Gasteiger partial charge in [-0.05, 0) is 36.8 Å². The molecule has 1 N–H and O–H groups in total. The number of carbonyl (C=O) groups is 1. The number of nitrogens with zero attached hydrogens (tertiary/aromatic N) is 3. The van der Waals surface area contributed by atoms with Gasteiger partial charge in [-0.1, -0.05) is 60.6 Å². The van der Waals surface area contributed by atoms with Gasteiger partial charge in [0.25, 0.3) is 0 Å². The summed E-state index contributed by atoms with van der Waals surface area (Å²) in [4.78, 5) is 14.0. The molecular formula is C22H23ClN4OS2. The molecule has 0 spiro atoms. The lowest BCUT2D eigenvalue weighted by atomic mass is 10.3. The van der Waals surface area contributed by atoms with Crippen molar-refractivity contribution >= 4 is 46.7 Å². The molecule has 0 saturated carbocycles. The lowest BCUT2D eigenvalue weighted by molar-refractivity contribution is -0.115. The van der Waals surface area contributed by atoms with Gasteiger partial charge >= 0.3 is 0 Å². The zero-order valence-corrected chi connectivity index (χ0v) is 19.0. The van der Waals surface area contributed by atoms with Crippen LogP contribution < -0.4 is 5.32 Å². The van der Waals surface area contributed by atoms with Crippen LogP contribution in [0.3, 0.4) is 0 Å². The normalized spacial score (nSPS) is 11.8. The molecule has 3 rings (SSSR count). The molecule has 0 aliphatic carbocycles. The van der Waals surface area contributed by atoms with Crippen molar-refractivity contribution in [3.8, 4) is 0 Å². The molecule has 0 saturated heterocycles. The van der Waals surface area contributed by atoms with Crippen LogP contribution in [0.15, 0.2) is 77.3 Å². The monoisotopic (exact) mass is 458 g/mol. The van der Waals surface area contributed by atoms with Crippen LogP contribution in [0.1, 0.15) is 19.2 Å². The fraction of sp³-hybridized carbons (Fsp3) is 0.227. The second kappa shape index (κ2) is 11.2. The predicted molar refractivity (Wildman–Crippen MR) is 126 cm³/mol. The van der Waals surface area contributed by atoms with E-state index in [1.807, 2.05) is 47.9 Å². The number of rotatable bonds is 10. The molecule has 1 amide bonds. The van der Waals surface area contributed by atoms with Gasteiger partial charge in [-0.15, -0.1) is 28.5 Å². The Kier molecular flexibility index (Phi) is 8.42. The summed E-state index contributed by atoms with van der Waals surface area (Å²) in [5.74, 6) is 1.46. The second-order valence-electron chi connectivity index (χ2n) is 6.41. The van der Waals surface area contributed by atoms with E-state index in [0.717, 1.165) is 5.82 Å². The first-order valence-electron chi connectivity index (χ1n) is 9.54. The molecule has 1 atom stereocenters. The maximum Gasteiger partial charge on any atom is 0.237 e. The molecule has 156 valence electrons. The third kappa shape index (κ3) is 6.14. The quantitative estimate of drug-likeness (QED) is 0.302. The number of carbonyl (C=O) groups excluding carboxylic acids is 1. The number of benzene rings is 2. The molecule has 1 heterocycles. The van der Waals surface area contributed by atoms with Crippen molar-refractivity contribution in [1.82, 2.24) is 14.8 Å². The zero-order chi connectivity index (χ0) is 21.3. The van der Waals surface area contributed by atoms with Crippen LogP contribution >= 0.6 is 35.1 Å². The van der Waals surface area contributed by atoms with Gasteiger partial charge in [-0.25, -0.2) is 0 Å². The van der Waals surface area contributed by atoms with E-state index >= 15 is 0 Å². The molecule has 3 aromatic rings. The van der Waals surface area contributed by atoms with E-state index in [4.69, 9.17) is 11.6 Å². The minimum atomic E-state index is -0.300. The van der Waals surface area contributed by atoms with Crippen LogP contribution in [-0.4, -0.2) is 25.9 Å². The topological polar surface area (TPSA) is 59.8 Å². The Morgan fingerprint density at radius 2 is 2.03 bits per heavy atom. The Labute approximate surface area is 190 Å². The highest BCUT2D eigenvalue weighted by Gasteiger charge is 2.22. The summed E-state index contributed by atoms with van der Waals surface area (Å²) in [5.41, 5.74) is 0.680. The summed E-state index contributed by atoms with van der Waals surface area (Å²) >= 11 is 9.13. The number of amides is 1. The van der Waals surface area contributed by atoms with Gasteiger partial charge in [0.2, 0.25) is 5.91 Å². The molecule has 0 aliphatic rings. The lowest BCUT2D eigenvalue weighted by Gasteiger charge is -2.15. The zero-order valence-electron chi connectivity index (χ0n) is 16.6. The van der Waals surface area contributed by atoms with E-state index in [1.165, 1.54) is 16.7 Å². The highest BCUT2D eigenvalue weighted by atomic mass is 35.5. The predicted octanol–water partition coefficient (Wildman–Crippen LogP) is 5.92. The van der Waals surface area contributed by atoms with Crippen molar-refractivity contribution in [2.75, 3.05) is 5.32 Å². The second-order valence-corrected chi connectivity index (χ2v) is 9.07. The number of allylic oxidation sites excluding steroid dienone is 1. The third-order valence-corrected chi connectivity index (χ3v) is 6.81. The Hall–Kier alpha value is -2.22. The molecule has 8 heteroatoms. The molecule has 0 fully saturated rings. The van der Waals surface area contributed by atoms with Gasteiger partial charge in [0.15, 0.2) is 5.16 Å². The standard InChI is InChI=1S/C22H23ClN4OS2/c1-3-13-27-20(15-29-18-11-6-5-7-12-18)25-26-22(27)30-19(4-2)21(28)24-17-10-8-9-16(23)14-17/h3,5-12,14,19H,1,4,13,15H2,2H3,(H,24,28). The molecule has 5 nitrogen and oxygen atoms in total. The van der Waals surface area contributed by atoms with Crippen LogP contribution in [-0.2, 0) is 17.1 Å². The number of thioether (sulfide) groups is 2. The molecule has 1 aromatic heterocycles. The summed E-state index contributed by atoms with van der Waals surface area (Å²) in [6.07, 6.45) is 2.48. The molecule has 0 radical (unpaired) electrons. The minimum Gasteiger partial charge on any atom is -0.325 e. The fourth-order valence-electron chi connectivity index (χ4n) is 2.73. The van der Waals surface area contributed by atoms with Crippen molar-refractivity contribution < 1.29 is 4.79 Å². The van der Waals surface area contributed by atoms with Crippen molar-refractivity contribution in [2.45, 2.75) is 40.9 Å². The van der Waals surface area contributed by atoms with Gasteiger partial charge < -0.3 is 9.88 Å². The first-order valence-corrected chi connectivity index (χ1v) is 11.8. The summed E-state index contributed by atoms with van der Waals surface area (Å²) in [6, 6.07) is 17.3. The summed E-state index contributed by atoms with van der Waals surface area (Å²) in [5, 5.41) is 12.6. The van der Waals surface area contributed by atoms with E-state index in [2.05, 4.69) is 34.2 Å². The number of anilines is 1. The van der Waals surface area contributed by atoms with Crippen molar-refractivity contribution in [3.63, 3.8) is 0 Å². The summed E-state index contributed by atoms with van der Waals surface area (Å²) in [7, 11) is 0. The van der Waals surface area contributed by atoms with E-state index in [-0.39, 0.29) is 11.2 Å². The Morgan fingerprint density at radius 3 is 2.73 bits per heavy atom. The molecule has 0 bridgehead atoms. The Morgan fingerprint density at radius 1 is 1.23 bits per heavy atom. The molecule has 30 heavy (non-hydrogen) atoms. The lowest BCUT2D eigenvalue weighted by Crippen LogP contribution is -2.25. The minimum absolute atomic E-state index is 0.0851. The summed E-state index contributed by atoms with van der Waals surface area (Å²) < 4.78 is 2.02. The van der Waals surface area contributed by atoms with Gasteiger partial charge in [0, 0.05) is 22.2 Å². The largest absolute Gasteiger partial charge is 0.325 e. The average Bonchev–Trinajstić information content (AvgIpc) is 3.12. The highest BCUT2D eigenvalue weighted by Crippen LogP contribution is 2.28. The van der Waals surface area contributed by atoms with Crippen molar-refractivity contribution in [2.24, 2.45) is 0 Å². The number of hydrogen-bond donors (Lipinski definition) is 1. The van der Waals surface area contributed by atoms with Crippen LogP contribution in [0.5, 0.6) is 0 Å². The van der Waals surface area contributed by atoms with E-state index in [1.54, 1.807) is 23.9 Å². The molecular weight excluding hydrogens is 436 g/mol. The van der Waals surface area contributed by atoms with E-state index < -0.39 is 0 Å².